The van der Waals surface area contributed by atoms with Crippen LogP contribution in [0, 0.1) is 10.1 Å². The van der Waals surface area contributed by atoms with E-state index in [1.54, 1.807) is 0 Å². The fraction of sp³-hybridized carbons (Fsp3) is 0.250. The SMILES string of the molecule is Nc1ccc([N+](=O)[O-])cc1SCCO. The second kappa shape index (κ2) is 4.83. The van der Waals surface area contributed by atoms with Crippen LogP contribution in [0.3, 0.4) is 0 Å². The molecular formula is C8H10N2O3S. The maximum atomic E-state index is 10.4. The van der Waals surface area contributed by atoms with Crippen LogP contribution in [0.25, 0.3) is 0 Å². The Morgan fingerprint density at radius 3 is 2.86 bits per heavy atom. The van der Waals surface area contributed by atoms with Crippen LogP contribution >= 0.6 is 11.8 Å². The van der Waals surface area contributed by atoms with Crippen molar-refractivity contribution in [1.82, 2.24) is 0 Å². The van der Waals surface area contributed by atoms with Crippen LogP contribution in [0.4, 0.5) is 11.4 Å². The number of nitrogen functional groups attached to an aromatic ring is 1. The van der Waals surface area contributed by atoms with Gasteiger partial charge in [0.1, 0.15) is 0 Å². The molecule has 6 heteroatoms. The van der Waals surface area contributed by atoms with Gasteiger partial charge in [0, 0.05) is 28.5 Å². The predicted octanol–water partition coefficient (Wildman–Crippen LogP) is 1.26. The number of aliphatic hydroxyl groups excluding tert-OH is 1. The third-order valence-electron chi connectivity index (χ3n) is 1.56. The maximum Gasteiger partial charge on any atom is 0.270 e. The first-order valence-corrected chi connectivity index (χ1v) is 4.91. The average molecular weight is 214 g/mol. The minimum Gasteiger partial charge on any atom is -0.398 e. The van der Waals surface area contributed by atoms with Gasteiger partial charge in [-0.2, -0.15) is 0 Å². The summed E-state index contributed by atoms with van der Waals surface area (Å²) in [4.78, 5) is 10.6. The summed E-state index contributed by atoms with van der Waals surface area (Å²) in [6, 6.07) is 4.27. The van der Waals surface area contributed by atoms with Crippen LogP contribution < -0.4 is 5.73 Å². The van der Waals surface area contributed by atoms with Gasteiger partial charge in [0.2, 0.25) is 0 Å². The van der Waals surface area contributed by atoms with Crippen LogP contribution in [0.15, 0.2) is 23.1 Å². The molecule has 0 aliphatic rings. The molecule has 0 amide bonds. The van der Waals surface area contributed by atoms with Crippen LogP contribution in [0.2, 0.25) is 0 Å². The van der Waals surface area contributed by atoms with Gasteiger partial charge in [-0.3, -0.25) is 10.1 Å². The van der Waals surface area contributed by atoms with E-state index in [1.165, 1.54) is 30.0 Å². The lowest BCUT2D eigenvalue weighted by Gasteiger charge is -2.03. The molecular weight excluding hydrogens is 204 g/mol. The lowest BCUT2D eigenvalue weighted by atomic mass is 10.3. The Hall–Kier alpha value is -1.27. The molecule has 0 aliphatic carbocycles. The van der Waals surface area contributed by atoms with Gasteiger partial charge in [0.05, 0.1) is 11.5 Å². The molecule has 5 nitrogen and oxygen atoms in total. The molecule has 0 heterocycles. The third-order valence-corrected chi connectivity index (χ3v) is 2.61. The number of aliphatic hydroxyl groups is 1. The topological polar surface area (TPSA) is 89.4 Å². The molecule has 1 aromatic carbocycles. The van der Waals surface area contributed by atoms with Gasteiger partial charge in [-0.05, 0) is 6.07 Å². The Balaban J connectivity index is 2.90. The third kappa shape index (κ3) is 2.61. The summed E-state index contributed by atoms with van der Waals surface area (Å²) in [5.74, 6) is 0.478. The molecule has 14 heavy (non-hydrogen) atoms. The second-order valence-electron chi connectivity index (χ2n) is 2.55. The van der Waals surface area contributed by atoms with Crippen LogP contribution in [0.1, 0.15) is 0 Å². The first-order chi connectivity index (χ1) is 6.65. The lowest BCUT2D eigenvalue weighted by molar-refractivity contribution is -0.385. The highest BCUT2D eigenvalue weighted by atomic mass is 32.2. The molecule has 0 saturated heterocycles. The Morgan fingerprint density at radius 1 is 1.57 bits per heavy atom. The molecule has 1 aromatic rings. The van der Waals surface area contributed by atoms with Gasteiger partial charge in [0.25, 0.3) is 5.69 Å². The van der Waals surface area contributed by atoms with Gasteiger partial charge in [-0.15, -0.1) is 11.8 Å². The summed E-state index contributed by atoms with van der Waals surface area (Å²) < 4.78 is 0. The highest BCUT2D eigenvalue weighted by Gasteiger charge is 2.08. The minimum absolute atomic E-state index is 0.0136. The quantitative estimate of drug-likeness (QED) is 0.341. The van der Waals surface area contributed by atoms with E-state index in [0.717, 1.165) is 0 Å². The number of hydrogen-bond donors (Lipinski definition) is 2. The normalized spacial score (nSPS) is 10.1. The van der Waals surface area contributed by atoms with E-state index >= 15 is 0 Å². The van der Waals surface area contributed by atoms with Crippen molar-refractivity contribution in [2.24, 2.45) is 0 Å². The van der Waals surface area contributed by atoms with Gasteiger partial charge >= 0.3 is 0 Å². The molecule has 0 aromatic heterocycles. The standard InChI is InChI=1S/C8H10N2O3S/c9-7-2-1-6(10(12)13)5-8(7)14-4-3-11/h1-2,5,11H,3-4,9H2. The molecule has 0 saturated carbocycles. The number of nitro benzene ring substituents is 1. The Labute approximate surface area is 85.1 Å². The number of thioether (sulfide) groups is 1. The molecule has 0 aliphatic heterocycles. The van der Waals surface area contributed by atoms with E-state index in [1.807, 2.05) is 0 Å². The molecule has 0 radical (unpaired) electrons. The van der Waals surface area contributed by atoms with E-state index in [2.05, 4.69) is 0 Å². The van der Waals surface area contributed by atoms with Crippen LogP contribution in [-0.4, -0.2) is 22.4 Å². The zero-order chi connectivity index (χ0) is 10.6. The summed E-state index contributed by atoms with van der Waals surface area (Å²) in [7, 11) is 0. The van der Waals surface area contributed by atoms with E-state index in [0.29, 0.717) is 16.3 Å². The summed E-state index contributed by atoms with van der Waals surface area (Å²) in [6.45, 7) is 0.0206. The van der Waals surface area contributed by atoms with Crippen molar-refractivity contribution in [2.45, 2.75) is 4.90 Å². The molecule has 76 valence electrons. The van der Waals surface area contributed by atoms with Gasteiger partial charge in [-0.25, -0.2) is 0 Å². The van der Waals surface area contributed by atoms with Crippen molar-refractivity contribution in [3.8, 4) is 0 Å². The van der Waals surface area contributed by atoms with E-state index in [4.69, 9.17) is 10.8 Å². The summed E-state index contributed by atoms with van der Waals surface area (Å²) in [5, 5.41) is 19.0. The first kappa shape index (κ1) is 10.8. The zero-order valence-electron chi connectivity index (χ0n) is 7.34. The number of nitrogens with two attached hydrogens (primary N) is 1. The van der Waals surface area contributed by atoms with Gasteiger partial charge in [0.15, 0.2) is 0 Å². The van der Waals surface area contributed by atoms with Crippen molar-refractivity contribution in [3.63, 3.8) is 0 Å². The molecule has 3 N–H and O–H groups in total. The lowest BCUT2D eigenvalue weighted by Crippen LogP contribution is -1.94. The van der Waals surface area contributed by atoms with E-state index < -0.39 is 4.92 Å². The summed E-state index contributed by atoms with van der Waals surface area (Å²) in [5.41, 5.74) is 6.11. The highest BCUT2D eigenvalue weighted by molar-refractivity contribution is 7.99. The average Bonchev–Trinajstić information content (AvgIpc) is 2.16. The molecule has 0 unspecified atom stereocenters. The Kier molecular flexibility index (Phi) is 3.73. The molecule has 0 bridgehead atoms. The largest absolute Gasteiger partial charge is 0.398 e. The van der Waals surface area contributed by atoms with Crippen molar-refractivity contribution < 1.29 is 10.0 Å². The maximum absolute atomic E-state index is 10.4. The number of nitrogens with zero attached hydrogens (tertiary/aromatic N) is 1. The Bertz CT molecular complexity index is 343. The number of nitro groups is 1. The molecule has 0 spiro atoms. The molecule has 0 atom stereocenters. The van der Waals surface area contributed by atoms with Crippen LogP contribution in [-0.2, 0) is 0 Å². The second-order valence-corrected chi connectivity index (χ2v) is 3.69. The molecule has 0 fully saturated rings. The van der Waals surface area contributed by atoms with Crippen molar-refractivity contribution in [2.75, 3.05) is 18.1 Å². The minimum atomic E-state index is -0.470. The van der Waals surface area contributed by atoms with Gasteiger partial charge in [-0.1, -0.05) is 0 Å². The van der Waals surface area contributed by atoms with Crippen molar-refractivity contribution in [1.29, 1.82) is 0 Å². The summed E-state index contributed by atoms with van der Waals surface area (Å²) in [6.07, 6.45) is 0. The summed E-state index contributed by atoms with van der Waals surface area (Å²) >= 11 is 1.30. The zero-order valence-corrected chi connectivity index (χ0v) is 8.16. The van der Waals surface area contributed by atoms with Crippen LogP contribution in [0.5, 0.6) is 0 Å². The number of rotatable bonds is 4. The van der Waals surface area contributed by atoms with Gasteiger partial charge < -0.3 is 10.8 Å². The monoisotopic (exact) mass is 214 g/mol. The number of non-ortho nitro benzene ring substituents is 1. The van der Waals surface area contributed by atoms with E-state index in [9.17, 15) is 10.1 Å². The van der Waals surface area contributed by atoms with Crippen molar-refractivity contribution >= 4 is 23.1 Å². The number of benzene rings is 1. The number of anilines is 1. The predicted molar refractivity (Wildman–Crippen MR) is 55.3 cm³/mol. The highest BCUT2D eigenvalue weighted by Crippen LogP contribution is 2.28. The fourth-order valence-electron chi connectivity index (χ4n) is 0.917. The smallest absolute Gasteiger partial charge is 0.270 e. The fourth-order valence-corrected chi connectivity index (χ4v) is 1.67. The van der Waals surface area contributed by atoms with Crippen molar-refractivity contribution in [3.05, 3.63) is 28.3 Å². The van der Waals surface area contributed by atoms with E-state index in [-0.39, 0.29) is 12.3 Å². The number of hydrogen-bond acceptors (Lipinski definition) is 5. The first-order valence-electron chi connectivity index (χ1n) is 3.92. The Morgan fingerprint density at radius 2 is 2.29 bits per heavy atom. The molecule has 1 rings (SSSR count).